The van der Waals surface area contributed by atoms with Crippen LogP contribution >= 0.6 is 23.2 Å². The summed E-state index contributed by atoms with van der Waals surface area (Å²) >= 11 is 12.4. The third-order valence-corrected chi connectivity index (χ3v) is 7.72. The maximum atomic E-state index is 14.2. The van der Waals surface area contributed by atoms with E-state index in [2.05, 4.69) is 11.0 Å². The van der Waals surface area contributed by atoms with Crippen LogP contribution < -0.4 is 4.90 Å². The van der Waals surface area contributed by atoms with Crippen LogP contribution in [-0.2, 0) is 11.3 Å². The third kappa shape index (κ3) is 4.29. The van der Waals surface area contributed by atoms with Crippen LogP contribution in [0.15, 0.2) is 66.7 Å². The van der Waals surface area contributed by atoms with Gasteiger partial charge in [-0.05, 0) is 53.6 Å². The summed E-state index contributed by atoms with van der Waals surface area (Å²) in [5, 5.41) is 19.1. The summed E-state index contributed by atoms with van der Waals surface area (Å²) in [4.78, 5) is 43.7. The van der Waals surface area contributed by atoms with Crippen molar-refractivity contribution in [3.8, 4) is 6.07 Å². The molecule has 0 saturated carbocycles. The fourth-order valence-electron chi connectivity index (χ4n) is 5.42. The van der Waals surface area contributed by atoms with Crippen LogP contribution in [0.3, 0.4) is 0 Å². The summed E-state index contributed by atoms with van der Waals surface area (Å²) in [5.41, 5.74) is 1.46. The van der Waals surface area contributed by atoms with Crippen molar-refractivity contribution < 1.29 is 19.5 Å². The van der Waals surface area contributed by atoms with Gasteiger partial charge in [0.2, 0.25) is 0 Å². The van der Waals surface area contributed by atoms with Gasteiger partial charge >= 0.3 is 12.0 Å². The SMILES string of the molecule is CN1C(=O)N(c2cc(Cl)cc(Cl)c2)C(=O)C12CN(Cc1ccc(C(=O)O)cc1)CC2c1ccc(C#N)cc1. The first-order valence-electron chi connectivity index (χ1n) is 11.8. The quantitative estimate of drug-likeness (QED) is 0.450. The molecule has 2 fully saturated rings. The van der Waals surface area contributed by atoms with Crippen LogP contribution in [0.1, 0.15) is 33.0 Å². The lowest BCUT2D eigenvalue weighted by atomic mass is 9.80. The van der Waals surface area contributed by atoms with Gasteiger partial charge in [-0.2, -0.15) is 5.26 Å². The van der Waals surface area contributed by atoms with Crippen molar-refractivity contribution in [1.29, 1.82) is 5.26 Å². The molecular formula is C28H22Cl2N4O4. The average Bonchev–Trinajstić information content (AvgIpc) is 3.35. The zero-order valence-electron chi connectivity index (χ0n) is 20.3. The molecule has 2 saturated heterocycles. The van der Waals surface area contributed by atoms with Crippen molar-refractivity contribution in [3.05, 3.63) is 99.0 Å². The van der Waals surface area contributed by atoms with Gasteiger partial charge < -0.3 is 10.0 Å². The van der Waals surface area contributed by atoms with Crippen molar-refractivity contribution in [2.75, 3.05) is 25.0 Å². The number of carbonyl (C=O) groups excluding carboxylic acids is 2. The van der Waals surface area contributed by atoms with E-state index in [0.717, 1.165) is 16.0 Å². The fourth-order valence-corrected chi connectivity index (χ4v) is 5.94. The van der Waals surface area contributed by atoms with E-state index in [9.17, 15) is 24.8 Å². The number of halogens is 2. The van der Waals surface area contributed by atoms with Gasteiger partial charge in [0, 0.05) is 42.6 Å². The molecule has 1 N–H and O–H groups in total. The molecule has 1 spiro atoms. The maximum Gasteiger partial charge on any atom is 0.335 e. The number of nitrogens with zero attached hydrogens (tertiary/aromatic N) is 4. The normalized spacial score (nSPS) is 21.4. The highest BCUT2D eigenvalue weighted by molar-refractivity contribution is 6.35. The summed E-state index contributed by atoms with van der Waals surface area (Å²) in [6.07, 6.45) is 0. The Morgan fingerprint density at radius 2 is 1.68 bits per heavy atom. The van der Waals surface area contributed by atoms with Gasteiger partial charge in [0.25, 0.3) is 5.91 Å². The fraction of sp³-hybridized carbons (Fsp3) is 0.214. The zero-order chi connectivity index (χ0) is 27.2. The summed E-state index contributed by atoms with van der Waals surface area (Å²) in [6, 6.07) is 19.8. The molecule has 0 aromatic heterocycles. The molecule has 2 aliphatic rings. The molecule has 3 amide bonds. The van der Waals surface area contributed by atoms with Crippen molar-refractivity contribution >= 4 is 46.8 Å². The first-order chi connectivity index (χ1) is 18.1. The highest BCUT2D eigenvalue weighted by atomic mass is 35.5. The zero-order valence-corrected chi connectivity index (χ0v) is 21.8. The maximum absolute atomic E-state index is 14.2. The van der Waals surface area contributed by atoms with E-state index in [1.807, 2.05) is 12.1 Å². The molecule has 8 nitrogen and oxygen atoms in total. The second-order valence-electron chi connectivity index (χ2n) is 9.49. The Kier molecular flexibility index (Phi) is 6.61. The molecule has 3 aromatic rings. The van der Waals surface area contributed by atoms with E-state index in [1.165, 1.54) is 23.1 Å². The van der Waals surface area contributed by atoms with Gasteiger partial charge in [-0.15, -0.1) is 0 Å². The van der Waals surface area contributed by atoms with E-state index < -0.39 is 23.5 Å². The van der Waals surface area contributed by atoms with E-state index in [-0.39, 0.29) is 18.0 Å². The van der Waals surface area contributed by atoms with Crippen molar-refractivity contribution in [2.24, 2.45) is 0 Å². The largest absolute Gasteiger partial charge is 0.478 e. The average molecular weight is 549 g/mol. The second-order valence-corrected chi connectivity index (χ2v) is 10.4. The van der Waals surface area contributed by atoms with Gasteiger partial charge in [0.15, 0.2) is 0 Å². The molecule has 192 valence electrons. The highest BCUT2D eigenvalue weighted by Gasteiger charge is 2.64. The number of carboxylic acids is 1. The molecule has 2 aliphatic heterocycles. The number of aromatic carboxylic acids is 1. The predicted octanol–water partition coefficient (Wildman–Crippen LogP) is 5.00. The van der Waals surface area contributed by atoms with Crippen LogP contribution in [0.4, 0.5) is 10.5 Å². The minimum Gasteiger partial charge on any atom is -0.478 e. The Morgan fingerprint density at radius 3 is 2.26 bits per heavy atom. The predicted molar refractivity (Wildman–Crippen MR) is 142 cm³/mol. The lowest BCUT2D eigenvalue weighted by Crippen LogP contribution is -2.53. The number of imide groups is 1. The molecule has 2 atom stereocenters. The summed E-state index contributed by atoms with van der Waals surface area (Å²) in [5.74, 6) is -1.79. The molecule has 2 unspecified atom stereocenters. The van der Waals surface area contributed by atoms with Gasteiger partial charge in [-0.3, -0.25) is 9.69 Å². The number of benzene rings is 3. The van der Waals surface area contributed by atoms with Crippen LogP contribution in [0, 0.1) is 11.3 Å². The first-order valence-corrected chi connectivity index (χ1v) is 12.5. The standard InChI is InChI=1S/C28H22Cl2N4O4/c1-32-27(38)34(23-11-21(29)10-22(30)12-23)26(37)28(32)16-33(14-18-4-8-20(9-5-18)25(35)36)15-24(28)19-6-2-17(13-31)3-7-19/h2-12,24H,14-16H2,1H3,(H,35,36). The van der Waals surface area contributed by atoms with Gasteiger partial charge in [-0.25, -0.2) is 14.5 Å². The topological polar surface area (TPSA) is 105 Å². The Hall–Kier alpha value is -3.90. The number of hydrogen-bond acceptors (Lipinski definition) is 5. The molecule has 5 rings (SSSR count). The minimum absolute atomic E-state index is 0.189. The highest BCUT2D eigenvalue weighted by Crippen LogP contribution is 2.47. The monoisotopic (exact) mass is 548 g/mol. The second kappa shape index (κ2) is 9.76. The van der Waals surface area contributed by atoms with Crippen molar-refractivity contribution in [1.82, 2.24) is 9.80 Å². The summed E-state index contributed by atoms with van der Waals surface area (Å²) in [6.45, 7) is 1.16. The van der Waals surface area contributed by atoms with Crippen LogP contribution in [-0.4, -0.2) is 58.5 Å². The number of likely N-dealkylation sites (N-methyl/N-ethyl adjacent to an activating group) is 1. The van der Waals surface area contributed by atoms with Crippen molar-refractivity contribution in [2.45, 2.75) is 18.0 Å². The number of urea groups is 1. The van der Waals surface area contributed by atoms with Crippen molar-refractivity contribution in [3.63, 3.8) is 0 Å². The Balaban J connectivity index is 1.55. The number of rotatable bonds is 5. The van der Waals surface area contributed by atoms with Crippen LogP contribution in [0.5, 0.6) is 0 Å². The molecule has 38 heavy (non-hydrogen) atoms. The molecule has 0 radical (unpaired) electrons. The Morgan fingerprint density at radius 1 is 1.05 bits per heavy atom. The molecule has 10 heteroatoms. The van der Waals surface area contributed by atoms with Gasteiger partial charge in [-0.1, -0.05) is 47.5 Å². The van der Waals surface area contributed by atoms with Gasteiger partial charge in [0.05, 0.1) is 22.9 Å². The lowest BCUT2D eigenvalue weighted by Gasteiger charge is -2.34. The number of amides is 3. The van der Waals surface area contributed by atoms with E-state index in [4.69, 9.17) is 23.2 Å². The molecule has 2 heterocycles. The lowest BCUT2D eigenvalue weighted by molar-refractivity contribution is -0.124. The number of hydrogen-bond donors (Lipinski definition) is 1. The molecule has 0 aliphatic carbocycles. The number of anilines is 1. The number of nitriles is 1. The first kappa shape index (κ1) is 25.7. The number of carboxylic acid groups (broad SMARTS) is 1. The number of likely N-dealkylation sites (tertiary alicyclic amines) is 1. The third-order valence-electron chi connectivity index (χ3n) is 7.29. The smallest absolute Gasteiger partial charge is 0.335 e. The van der Waals surface area contributed by atoms with E-state index in [1.54, 1.807) is 43.4 Å². The van der Waals surface area contributed by atoms with E-state index in [0.29, 0.717) is 34.4 Å². The molecule has 3 aromatic carbocycles. The summed E-state index contributed by atoms with van der Waals surface area (Å²) in [7, 11) is 1.62. The van der Waals surface area contributed by atoms with Crippen LogP contribution in [0.2, 0.25) is 10.0 Å². The molecule has 0 bridgehead atoms. The van der Waals surface area contributed by atoms with E-state index >= 15 is 0 Å². The Bertz CT molecular complexity index is 1470. The molecular weight excluding hydrogens is 527 g/mol. The minimum atomic E-state index is -1.22. The number of carbonyl (C=O) groups is 3. The van der Waals surface area contributed by atoms with Gasteiger partial charge in [0.1, 0.15) is 5.54 Å². The Labute approximate surface area is 229 Å². The van der Waals surface area contributed by atoms with Crippen LogP contribution in [0.25, 0.3) is 0 Å². The summed E-state index contributed by atoms with van der Waals surface area (Å²) < 4.78 is 0.